The molecule has 0 aliphatic heterocycles. The summed E-state index contributed by atoms with van der Waals surface area (Å²) in [6, 6.07) is 14.9. The maximum absolute atomic E-state index is 12.1. The van der Waals surface area contributed by atoms with Crippen molar-refractivity contribution in [3.05, 3.63) is 60.3 Å². The molecule has 2 N–H and O–H groups in total. The quantitative estimate of drug-likeness (QED) is 0.536. The Morgan fingerprint density at radius 1 is 1.16 bits per heavy atom. The number of methoxy groups -OCH3 is 1. The summed E-state index contributed by atoms with van der Waals surface area (Å²) in [6.07, 6.45) is 2.78. The van der Waals surface area contributed by atoms with Gasteiger partial charge in [-0.05, 0) is 37.3 Å². The number of carbonyl (C=O) groups excluding carboxylic acids is 1. The number of hydrogen-bond acceptors (Lipinski definition) is 4. The van der Waals surface area contributed by atoms with Gasteiger partial charge in [0.1, 0.15) is 11.5 Å². The van der Waals surface area contributed by atoms with E-state index in [2.05, 4.69) is 15.5 Å². The van der Waals surface area contributed by atoms with Gasteiger partial charge < -0.3 is 14.5 Å². The molecule has 0 fully saturated rings. The molecule has 0 saturated heterocycles. The minimum Gasteiger partial charge on any atom is -0.497 e. The first-order chi connectivity index (χ1) is 12.2. The van der Waals surface area contributed by atoms with Crippen LogP contribution in [0.25, 0.3) is 10.9 Å². The van der Waals surface area contributed by atoms with E-state index in [4.69, 9.17) is 9.47 Å². The first-order valence-electron chi connectivity index (χ1n) is 7.87. The molecule has 2 aromatic carbocycles. The summed E-state index contributed by atoms with van der Waals surface area (Å²) in [5.74, 6) is 0.990. The van der Waals surface area contributed by atoms with Crippen LogP contribution in [0.4, 0.5) is 0 Å². The predicted molar refractivity (Wildman–Crippen MR) is 97.1 cm³/mol. The van der Waals surface area contributed by atoms with Gasteiger partial charge in [0.25, 0.3) is 5.91 Å². The van der Waals surface area contributed by atoms with Crippen LogP contribution in [0.2, 0.25) is 0 Å². The molecule has 3 rings (SSSR count). The highest BCUT2D eigenvalue weighted by Gasteiger charge is 2.14. The van der Waals surface area contributed by atoms with E-state index in [-0.39, 0.29) is 5.91 Å². The van der Waals surface area contributed by atoms with E-state index in [1.807, 2.05) is 30.5 Å². The number of rotatable bonds is 6. The van der Waals surface area contributed by atoms with Gasteiger partial charge in [-0.15, -0.1) is 0 Å². The van der Waals surface area contributed by atoms with E-state index in [9.17, 15) is 4.79 Å². The van der Waals surface area contributed by atoms with Crippen molar-refractivity contribution in [2.45, 2.75) is 13.0 Å². The maximum atomic E-state index is 12.1. The van der Waals surface area contributed by atoms with E-state index < -0.39 is 6.10 Å². The number of ether oxygens (including phenoxy) is 2. The average molecular weight is 337 g/mol. The Morgan fingerprint density at radius 3 is 2.64 bits per heavy atom. The predicted octanol–water partition coefficient (Wildman–Crippen LogP) is 3.09. The number of H-pyrrole nitrogens is 1. The second-order valence-electron chi connectivity index (χ2n) is 5.46. The Bertz CT molecular complexity index is 884. The number of para-hydroxylation sites is 1. The molecule has 25 heavy (non-hydrogen) atoms. The lowest BCUT2D eigenvalue weighted by Gasteiger charge is -2.13. The molecule has 1 heterocycles. The Kier molecular flexibility index (Phi) is 4.99. The second-order valence-corrected chi connectivity index (χ2v) is 5.46. The largest absolute Gasteiger partial charge is 0.497 e. The third-order valence-corrected chi connectivity index (χ3v) is 3.74. The zero-order chi connectivity index (χ0) is 17.6. The lowest BCUT2D eigenvalue weighted by molar-refractivity contribution is -0.127. The third-order valence-electron chi connectivity index (χ3n) is 3.74. The molecule has 1 atom stereocenters. The van der Waals surface area contributed by atoms with Crippen molar-refractivity contribution in [3.63, 3.8) is 0 Å². The molecule has 0 aliphatic rings. The fraction of sp³-hybridized carbons (Fsp3) is 0.158. The molecule has 0 saturated carbocycles. The number of aromatic nitrogens is 1. The summed E-state index contributed by atoms with van der Waals surface area (Å²) in [6.45, 7) is 1.67. The summed E-state index contributed by atoms with van der Waals surface area (Å²) in [4.78, 5) is 15.2. The highest BCUT2D eigenvalue weighted by Crippen LogP contribution is 2.18. The number of benzene rings is 2. The Balaban J connectivity index is 1.57. The highest BCUT2D eigenvalue weighted by molar-refractivity contribution is 5.99. The lowest BCUT2D eigenvalue weighted by atomic mass is 10.2. The number of amides is 1. The van der Waals surface area contributed by atoms with Crippen LogP contribution in [0.5, 0.6) is 11.5 Å². The van der Waals surface area contributed by atoms with E-state index >= 15 is 0 Å². The molecular formula is C19H19N3O3. The summed E-state index contributed by atoms with van der Waals surface area (Å²) >= 11 is 0. The number of fused-ring (bicyclic) bond motifs is 1. The van der Waals surface area contributed by atoms with Crippen LogP contribution in [0.15, 0.2) is 59.8 Å². The van der Waals surface area contributed by atoms with Gasteiger partial charge in [0.05, 0.1) is 13.3 Å². The van der Waals surface area contributed by atoms with Crippen molar-refractivity contribution in [2.75, 3.05) is 7.11 Å². The van der Waals surface area contributed by atoms with Crippen molar-refractivity contribution >= 4 is 23.0 Å². The van der Waals surface area contributed by atoms with E-state index in [1.165, 1.54) is 0 Å². The van der Waals surface area contributed by atoms with Gasteiger partial charge in [-0.1, -0.05) is 18.2 Å². The molecule has 0 aliphatic carbocycles. The fourth-order valence-corrected chi connectivity index (χ4v) is 2.37. The maximum Gasteiger partial charge on any atom is 0.280 e. The van der Waals surface area contributed by atoms with Crippen LogP contribution in [0.1, 0.15) is 12.5 Å². The number of nitrogens with one attached hydrogen (secondary N) is 2. The minimum absolute atomic E-state index is 0.327. The topological polar surface area (TPSA) is 75.7 Å². The minimum atomic E-state index is -0.673. The zero-order valence-electron chi connectivity index (χ0n) is 14.0. The van der Waals surface area contributed by atoms with Crippen LogP contribution in [0, 0.1) is 0 Å². The van der Waals surface area contributed by atoms with E-state index in [0.717, 1.165) is 22.2 Å². The lowest BCUT2D eigenvalue weighted by Crippen LogP contribution is -2.33. The highest BCUT2D eigenvalue weighted by atomic mass is 16.5. The number of hydrazone groups is 1. The SMILES string of the molecule is COc1ccc(OC(C)C(=O)N/N=C/c2c[nH]c3ccccc23)cc1. The number of aromatic amines is 1. The van der Waals surface area contributed by atoms with Crippen LogP contribution in [0.3, 0.4) is 0 Å². The Labute approximate surface area is 145 Å². The van der Waals surface area contributed by atoms with Crippen LogP contribution < -0.4 is 14.9 Å². The molecule has 0 radical (unpaired) electrons. The summed E-state index contributed by atoms with van der Waals surface area (Å²) in [7, 11) is 1.59. The first kappa shape index (κ1) is 16.6. The van der Waals surface area contributed by atoms with Crippen LogP contribution in [-0.4, -0.2) is 30.3 Å². The molecule has 128 valence electrons. The van der Waals surface area contributed by atoms with Gasteiger partial charge >= 0.3 is 0 Å². The monoisotopic (exact) mass is 337 g/mol. The van der Waals surface area contributed by atoms with Gasteiger partial charge in [-0.25, -0.2) is 5.43 Å². The Hall–Kier alpha value is -3.28. The third kappa shape index (κ3) is 3.98. The molecule has 6 nitrogen and oxygen atoms in total. The summed E-state index contributed by atoms with van der Waals surface area (Å²) in [5, 5.41) is 5.05. The Morgan fingerprint density at radius 2 is 1.88 bits per heavy atom. The summed E-state index contributed by atoms with van der Waals surface area (Å²) in [5.41, 5.74) is 4.42. The van der Waals surface area contributed by atoms with Gasteiger partial charge in [0, 0.05) is 22.7 Å². The van der Waals surface area contributed by atoms with Crippen LogP contribution >= 0.6 is 0 Å². The van der Waals surface area contributed by atoms with Crippen LogP contribution in [-0.2, 0) is 4.79 Å². The smallest absolute Gasteiger partial charge is 0.280 e. The van der Waals surface area contributed by atoms with Crippen molar-refractivity contribution < 1.29 is 14.3 Å². The van der Waals surface area contributed by atoms with Gasteiger partial charge in [-0.2, -0.15) is 5.10 Å². The average Bonchev–Trinajstić information content (AvgIpc) is 3.05. The van der Waals surface area contributed by atoms with Gasteiger partial charge in [0.15, 0.2) is 6.10 Å². The van der Waals surface area contributed by atoms with Crippen molar-refractivity contribution in [1.29, 1.82) is 0 Å². The molecule has 0 spiro atoms. The van der Waals surface area contributed by atoms with E-state index in [0.29, 0.717) is 5.75 Å². The van der Waals surface area contributed by atoms with Gasteiger partial charge in [-0.3, -0.25) is 4.79 Å². The molecule has 6 heteroatoms. The number of nitrogens with zero attached hydrogens (tertiary/aromatic N) is 1. The van der Waals surface area contributed by atoms with Gasteiger partial charge in [0.2, 0.25) is 0 Å². The zero-order valence-corrected chi connectivity index (χ0v) is 14.0. The van der Waals surface area contributed by atoms with Crippen molar-refractivity contribution in [3.8, 4) is 11.5 Å². The fourth-order valence-electron chi connectivity index (χ4n) is 2.37. The molecule has 3 aromatic rings. The molecule has 1 amide bonds. The van der Waals surface area contributed by atoms with E-state index in [1.54, 1.807) is 44.5 Å². The molecule has 1 aromatic heterocycles. The molecular weight excluding hydrogens is 318 g/mol. The first-order valence-corrected chi connectivity index (χ1v) is 7.87. The van der Waals surface area contributed by atoms with Crippen molar-refractivity contribution in [1.82, 2.24) is 10.4 Å². The number of carbonyl (C=O) groups is 1. The normalized spacial score (nSPS) is 12.2. The number of hydrogen-bond donors (Lipinski definition) is 2. The summed E-state index contributed by atoms with van der Waals surface area (Å²) < 4.78 is 10.7. The molecule has 1 unspecified atom stereocenters. The second kappa shape index (κ2) is 7.53. The van der Waals surface area contributed by atoms with Crippen molar-refractivity contribution in [2.24, 2.45) is 5.10 Å². The molecule has 0 bridgehead atoms. The standard InChI is InChI=1S/C19H19N3O3/c1-13(25-16-9-7-15(24-2)8-10-16)19(23)22-21-12-14-11-20-18-6-4-3-5-17(14)18/h3-13,20H,1-2H3,(H,22,23)/b21-12+.